The molecule has 0 radical (unpaired) electrons. The largest absolute Gasteiger partial charge is 0.393 e. The van der Waals surface area contributed by atoms with Crippen LogP contribution < -0.4 is 5.32 Å². The van der Waals surface area contributed by atoms with Crippen molar-refractivity contribution >= 4 is 17.5 Å². The van der Waals surface area contributed by atoms with Gasteiger partial charge < -0.3 is 10.4 Å². The molecule has 2 fully saturated rings. The summed E-state index contributed by atoms with van der Waals surface area (Å²) < 4.78 is 0. The van der Waals surface area contributed by atoms with Gasteiger partial charge in [-0.3, -0.25) is 4.79 Å². The molecule has 4 heteroatoms. The van der Waals surface area contributed by atoms with E-state index in [1.807, 2.05) is 0 Å². The lowest BCUT2D eigenvalue weighted by molar-refractivity contribution is 0.0922. The van der Waals surface area contributed by atoms with Gasteiger partial charge in [-0.1, -0.05) is 18.5 Å². The minimum atomic E-state index is -0.120. The van der Waals surface area contributed by atoms with Crippen LogP contribution in [0.4, 0.5) is 0 Å². The Labute approximate surface area is 124 Å². The Morgan fingerprint density at radius 1 is 1.35 bits per heavy atom. The van der Waals surface area contributed by atoms with Crippen LogP contribution in [0.2, 0.25) is 5.02 Å². The van der Waals surface area contributed by atoms with Crippen molar-refractivity contribution in [3.8, 4) is 0 Å². The minimum Gasteiger partial charge on any atom is -0.393 e. The molecule has 1 aromatic carbocycles. The van der Waals surface area contributed by atoms with Crippen LogP contribution in [0.15, 0.2) is 24.3 Å². The van der Waals surface area contributed by atoms with Crippen molar-refractivity contribution in [2.24, 2.45) is 17.8 Å². The molecular formula is C16H20ClNO2. The van der Waals surface area contributed by atoms with Gasteiger partial charge in [0.25, 0.3) is 5.91 Å². The van der Waals surface area contributed by atoms with E-state index in [0.29, 0.717) is 28.3 Å². The third-order valence-electron chi connectivity index (χ3n) is 4.81. The van der Waals surface area contributed by atoms with Crippen molar-refractivity contribution in [3.05, 3.63) is 34.9 Å². The average molecular weight is 294 g/mol. The number of nitrogens with one attached hydrogen (secondary N) is 1. The highest BCUT2D eigenvalue weighted by molar-refractivity contribution is 6.30. The van der Waals surface area contributed by atoms with Crippen molar-refractivity contribution in [3.63, 3.8) is 0 Å². The van der Waals surface area contributed by atoms with E-state index in [1.165, 1.54) is 0 Å². The molecular weight excluding hydrogens is 274 g/mol. The second-order valence-corrected chi connectivity index (χ2v) is 6.46. The van der Waals surface area contributed by atoms with Gasteiger partial charge in [0.1, 0.15) is 0 Å². The molecule has 3 nitrogen and oxygen atoms in total. The van der Waals surface area contributed by atoms with E-state index in [2.05, 4.69) is 12.2 Å². The van der Waals surface area contributed by atoms with Gasteiger partial charge in [0.2, 0.25) is 0 Å². The van der Waals surface area contributed by atoms with Crippen molar-refractivity contribution in [1.82, 2.24) is 5.32 Å². The van der Waals surface area contributed by atoms with Gasteiger partial charge in [-0.25, -0.2) is 0 Å². The number of benzene rings is 1. The minimum absolute atomic E-state index is 0.0287. The van der Waals surface area contributed by atoms with Crippen LogP contribution in [0.1, 0.15) is 36.5 Å². The van der Waals surface area contributed by atoms with Crippen LogP contribution >= 0.6 is 11.6 Å². The maximum Gasteiger partial charge on any atom is 0.251 e. The second-order valence-electron chi connectivity index (χ2n) is 6.03. The van der Waals surface area contributed by atoms with E-state index in [-0.39, 0.29) is 18.1 Å². The molecule has 1 unspecified atom stereocenters. The molecule has 2 N–H and O–H groups in total. The number of amides is 1. The third kappa shape index (κ3) is 2.57. The Morgan fingerprint density at radius 2 is 1.95 bits per heavy atom. The summed E-state index contributed by atoms with van der Waals surface area (Å²) in [6.07, 6.45) is 2.63. The molecule has 2 aliphatic carbocycles. The van der Waals surface area contributed by atoms with Crippen molar-refractivity contribution in [2.45, 2.75) is 38.3 Å². The van der Waals surface area contributed by atoms with Crippen LogP contribution in [-0.4, -0.2) is 23.2 Å². The molecule has 2 aliphatic rings. The maximum absolute atomic E-state index is 12.2. The quantitative estimate of drug-likeness (QED) is 0.897. The first-order valence-electron chi connectivity index (χ1n) is 7.34. The normalized spacial score (nSPS) is 32.5. The Bertz CT molecular complexity index is 490. The summed E-state index contributed by atoms with van der Waals surface area (Å²) in [5.74, 6) is 1.75. The molecule has 2 saturated carbocycles. The zero-order valence-corrected chi connectivity index (χ0v) is 12.3. The summed E-state index contributed by atoms with van der Waals surface area (Å²) >= 11 is 5.83. The van der Waals surface area contributed by atoms with Crippen molar-refractivity contribution < 1.29 is 9.90 Å². The standard InChI is InChI=1S/C16H20ClNO2/c1-2-14(15-12-7-11(19)8-13(12)15)18-16(20)9-3-5-10(17)6-4-9/h3-6,11-15,19H,2,7-8H2,1H3,(H,18,20)/t11-,12+,13-,14?,15-. The molecule has 0 saturated heterocycles. The van der Waals surface area contributed by atoms with E-state index in [0.717, 1.165) is 19.3 Å². The molecule has 20 heavy (non-hydrogen) atoms. The molecule has 0 spiro atoms. The van der Waals surface area contributed by atoms with E-state index in [4.69, 9.17) is 11.6 Å². The lowest BCUT2D eigenvalue weighted by Gasteiger charge is -2.20. The fourth-order valence-electron chi connectivity index (χ4n) is 3.78. The molecule has 0 aliphatic heterocycles. The number of hydrogen-bond donors (Lipinski definition) is 2. The molecule has 1 aromatic rings. The number of rotatable bonds is 4. The Balaban J connectivity index is 1.61. The summed E-state index contributed by atoms with van der Waals surface area (Å²) in [6.45, 7) is 2.11. The molecule has 108 valence electrons. The molecule has 1 amide bonds. The van der Waals surface area contributed by atoms with Gasteiger partial charge in [0.15, 0.2) is 0 Å². The van der Waals surface area contributed by atoms with Crippen molar-refractivity contribution in [2.75, 3.05) is 0 Å². The van der Waals surface area contributed by atoms with Gasteiger partial charge in [0.05, 0.1) is 6.10 Å². The van der Waals surface area contributed by atoms with E-state index < -0.39 is 0 Å². The first-order chi connectivity index (χ1) is 9.60. The second kappa shape index (κ2) is 5.38. The first kappa shape index (κ1) is 13.9. The summed E-state index contributed by atoms with van der Waals surface area (Å²) in [5, 5.41) is 13.4. The van der Waals surface area contributed by atoms with Crippen LogP contribution in [-0.2, 0) is 0 Å². The lowest BCUT2D eigenvalue weighted by Crippen LogP contribution is -2.37. The Kier molecular flexibility index (Phi) is 3.74. The predicted octanol–water partition coefficient (Wildman–Crippen LogP) is 2.87. The van der Waals surface area contributed by atoms with Gasteiger partial charge in [-0.2, -0.15) is 0 Å². The highest BCUT2D eigenvalue weighted by Gasteiger charge is 2.58. The maximum atomic E-state index is 12.2. The van der Waals surface area contributed by atoms with Crippen LogP contribution in [0, 0.1) is 17.8 Å². The highest BCUT2D eigenvalue weighted by Crippen LogP contribution is 2.59. The van der Waals surface area contributed by atoms with Crippen LogP contribution in [0.25, 0.3) is 0 Å². The highest BCUT2D eigenvalue weighted by atomic mass is 35.5. The summed E-state index contributed by atoms with van der Waals surface area (Å²) in [5.41, 5.74) is 0.652. The lowest BCUT2D eigenvalue weighted by atomic mass is 10.0. The third-order valence-corrected chi connectivity index (χ3v) is 5.07. The number of fused-ring (bicyclic) bond motifs is 1. The monoisotopic (exact) mass is 293 g/mol. The Hall–Kier alpha value is -1.06. The fourth-order valence-corrected chi connectivity index (χ4v) is 3.91. The summed E-state index contributed by atoms with van der Waals surface area (Å²) in [6, 6.07) is 7.20. The number of aliphatic hydroxyl groups excluding tert-OH is 1. The molecule has 3 rings (SSSR count). The van der Waals surface area contributed by atoms with Crippen LogP contribution in [0.3, 0.4) is 0 Å². The smallest absolute Gasteiger partial charge is 0.251 e. The average Bonchev–Trinajstić information content (AvgIpc) is 2.92. The summed E-state index contributed by atoms with van der Waals surface area (Å²) in [4.78, 5) is 12.2. The van der Waals surface area contributed by atoms with Gasteiger partial charge in [0, 0.05) is 16.6 Å². The van der Waals surface area contributed by atoms with Crippen molar-refractivity contribution in [1.29, 1.82) is 0 Å². The number of carbonyl (C=O) groups is 1. The van der Waals surface area contributed by atoms with Gasteiger partial charge in [-0.05, 0) is 61.3 Å². The number of hydrogen-bond acceptors (Lipinski definition) is 2. The fraction of sp³-hybridized carbons (Fsp3) is 0.562. The first-order valence-corrected chi connectivity index (χ1v) is 7.72. The zero-order chi connectivity index (χ0) is 14.3. The number of aliphatic hydroxyl groups is 1. The van der Waals surface area contributed by atoms with E-state index >= 15 is 0 Å². The van der Waals surface area contributed by atoms with Gasteiger partial charge in [-0.15, -0.1) is 0 Å². The molecule has 0 aromatic heterocycles. The predicted molar refractivity (Wildman–Crippen MR) is 78.7 cm³/mol. The molecule has 5 atom stereocenters. The Morgan fingerprint density at radius 3 is 2.50 bits per heavy atom. The topological polar surface area (TPSA) is 49.3 Å². The summed E-state index contributed by atoms with van der Waals surface area (Å²) in [7, 11) is 0. The van der Waals surface area contributed by atoms with E-state index in [9.17, 15) is 9.90 Å². The van der Waals surface area contributed by atoms with Crippen LogP contribution in [0.5, 0.6) is 0 Å². The van der Waals surface area contributed by atoms with E-state index in [1.54, 1.807) is 24.3 Å². The number of halogens is 1. The number of carbonyl (C=O) groups excluding carboxylic acids is 1. The molecule has 0 heterocycles. The SMILES string of the molecule is CCC(NC(=O)c1ccc(Cl)cc1)[C@H]1[C@@H]2C[C@H](O)C[C@@H]21. The molecule has 0 bridgehead atoms. The van der Waals surface area contributed by atoms with Gasteiger partial charge >= 0.3 is 0 Å². The zero-order valence-electron chi connectivity index (χ0n) is 11.6.